The number of nitrogens with zero attached hydrogens (tertiary/aromatic N) is 7. The summed E-state index contributed by atoms with van der Waals surface area (Å²) >= 11 is 5.86. The van der Waals surface area contributed by atoms with Gasteiger partial charge in [0.05, 0.1) is 29.6 Å². The number of sulfonamides is 1. The van der Waals surface area contributed by atoms with E-state index in [1.165, 1.54) is 25.7 Å². The molecule has 0 radical (unpaired) electrons. The fourth-order valence-electron chi connectivity index (χ4n) is 3.38. The predicted molar refractivity (Wildman–Crippen MR) is 128 cm³/mol. The molecule has 0 spiro atoms. The normalized spacial score (nSPS) is 14.3. The Labute approximate surface area is 206 Å². The van der Waals surface area contributed by atoms with E-state index < -0.39 is 27.2 Å². The SMILES string of the molecule is COc1cccc(-c2nnc(NS(=O)(=O)[C@@H](C)[C@H](C)c3ncc(Cl)cn3)n2[C@@H](C)c2ccno2)n1. The van der Waals surface area contributed by atoms with Crippen LogP contribution in [0.15, 0.2) is 47.4 Å². The van der Waals surface area contributed by atoms with E-state index in [0.717, 1.165) is 0 Å². The van der Waals surface area contributed by atoms with E-state index in [1.54, 1.807) is 49.6 Å². The monoisotopic (exact) mass is 518 g/mol. The molecule has 0 unspecified atom stereocenters. The number of nitrogens with one attached hydrogen (secondary N) is 1. The van der Waals surface area contributed by atoms with E-state index >= 15 is 0 Å². The first kappa shape index (κ1) is 24.5. The number of aromatic nitrogens is 7. The van der Waals surface area contributed by atoms with Gasteiger partial charge in [-0.15, -0.1) is 10.2 Å². The van der Waals surface area contributed by atoms with Crippen LogP contribution in [-0.4, -0.2) is 55.7 Å². The van der Waals surface area contributed by atoms with Gasteiger partial charge in [0, 0.05) is 30.4 Å². The van der Waals surface area contributed by atoms with Gasteiger partial charge in [0.1, 0.15) is 11.5 Å². The van der Waals surface area contributed by atoms with Crippen molar-refractivity contribution in [2.45, 2.75) is 38.0 Å². The van der Waals surface area contributed by atoms with Crippen molar-refractivity contribution >= 4 is 27.6 Å². The zero-order chi connectivity index (χ0) is 25.2. The predicted octanol–water partition coefficient (Wildman–Crippen LogP) is 3.32. The van der Waals surface area contributed by atoms with E-state index in [-0.39, 0.29) is 5.95 Å². The summed E-state index contributed by atoms with van der Waals surface area (Å²) in [6, 6.07) is 6.32. The van der Waals surface area contributed by atoms with Gasteiger partial charge in [0.2, 0.25) is 21.9 Å². The maximum atomic E-state index is 13.3. The number of rotatable bonds is 9. The molecule has 0 aromatic carbocycles. The molecule has 4 rings (SSSR count). The zero-order valence-corrected chi connectivity index (χ0v) is 20.9. The molecule has 0 aliphatic rings. The molecule has 4 aromatic rings. The molecule has 35 heavy (non-hydrogen) atoms. The Hall–Kier alpha value is -3.58. The minimum absolute atomic E-state index is 0.00963. The van der Waals surface area contributed by atoms with Crippen LogP contribution >= 0.6 is 11.6 Å². The van der Waals surface area contributed by atoms with Crippen LogP contribution < -0.4 is 9.46 Å². The average Bonchev–Trinajstić information content (AvgIpc) is 3.53. The maximum absolute atomic E-state index is 13.3. The number of hydrogen-bond acceptors (Lipinski definition) is 10. The van der Waals surface area contributed by atoms with Gasteiger partial charge in [0.15, 0.2) is 11.6 Å². The van der Waals surface area contributed by atoms with Gasteiger partial charge in [-0.1, -0.05) is 29.7 Å². The highest BCUT2D eigenvalue weighted by Crippen LogP contribution is 2.30. The topological polar surface area (TPSA) is 151 Å². The summed E-state index contributed by atoms with van der Waals surface area (Å²) in [6.07, 6.45) is 4.35. The van der Waals surface area contributed by atoms with Gasteiger partial charge >= 0.3 is 0 Å². The highest BCUT2D eigenvalue weighted by molar-refractivity contribution is 7.93. The van der Waals surface area contributed by atoms with Crippen molar-refractivity contribution in [3.63, 3.8) is 0 Å². The Kier molecular flexibility index (Phi) is 6.98. The van der Waals surface area contributed by atoms with Gasteiger partial charge in [-0.25, -0.2) is 23.4 Å². The smallest absolute Gasteiger partial charge is 0.239 e. The quantitative estimate of drug-likeness (QED) is 0.349. The van der Waals surface area contributed by atoms with Gasteiger partial charge in [-0.3, -0.25) is 9.29 Å². The summed E-state index contributed by atoms with van der Waals surface area (Å²) in [5, 5.41) is 11.5. The molecule has 0 saturated carbocycles. The number of halogens is 1. The minimum atomic E-state index is -3.96. The van der Waals surface area contributed by atoms with Crippen molar-refractivity contribution in [1.82, 2.24) is 34.9 Å². The van der Waals surface area contributed by atoms with E-state index in [9.17, 15) is 8.42 Å². The Morgan fingerprint density at radius 1 is 1.11 bits per heavy atom. The Morgan fingerprint density at radius 3 is 2.51 bits per heavy atom. The first-order valence-corrected chi connectivity index (χ1v) is 12.5. The van der Waals surface area contributed by atoms with Crippen LogP contribution in [0.25, 0.3) is 11.5 Å². The highest BCUT2D eigenvalue weighted by Gasteiger charge is 2.32. The molecule has 0 aliphatic heterocycles. The largest absolute Gasteiger partial charge is 0.481 e. The van der Waals surface area contributed by atoms with Crippen LogP contribution in [0.3, 0.4) is 0 Å². The molecular weight excluding hydrogens is 496 g/mol. The van der Waals surface area contributed by atoms with Gasteiger partial charge in [-0.05, 0) is 19.9 Å². The fraction of sp³-hybridized carbons (Fsp3) is 0.333. The molecule has 0 amide bonds. The van der Waals surface area contributed by atoms with Crippen molar-refractivity contribution < 1.29 is 17.7 Å². The lowest BCUT2D eigenvalue weighted by Gasteiger charge is -2.21. The van der Waals surface area contributed by atoms with Crippen molar-refractivity contribution in [1.29, 1.82) is 0 Å². The summed E-state index contributed by atoms with van der Waals surface area (Å²) in [5.74, 6) is 0.969. The summed E-state index contributed by atoms with van der Waals surface area (Å²) in [6.45, 7) is 5.09. The molecule has 0 aliphatic carbocycles. The van der Waals surface area contributed by atoms with Crippen LogP contribution in [0.5, 0.6) is 5.88 Å². The highest BCUT2D eigenvalue weighted by atomic mass is 35.5. The molecule has 0 saturated heterocycles. The number of pyridine rings is 1. The summed E-state index contributed by atoms with van der Waals surface area (Å²) < 4.78 is 41.4. The first-order valence-electron chi connectivity index (χ1n) is 10.6. The third-order valence-corrected chi connectivity index (χ3v) is 7.64. The molecular formula is C21H23ClN8O4S. The van der Waals surface area contributed by atoms with Crippen molar-refractivity contribution in [3.8, 4) is 17.4 Å². The van der Waals surface area contributed by atoms with Gasteiger partial charge < -0.3 is 9.26 Å². The Bertz CT molecular complexity index is 1390. The molecule has 1 N–H and O–H groups in total. The van der Waals surface area contributed by atoms with Crippen LogP contribution in [0, 0.1) is 0 Å². The molecule has 4 aromatic heterocycles. The molecule has 0 bridgehead atoms. The average molecular weight is 519 g/mol. The van der Waals surface area contributed by atoms with Gasteiger partial charge in [0.25, 0.3) is 0 Å². The number of hydrogen-bond donors (Lipinski definition) is 1. The lowest BCUT2D eigenvalue weighted by atomic mass is 10.1. The summed E-state index contributed by atoms with van der Waals surface area (Å²) in [7, 11) is -2.45. The molecule has 184 valence electrons. The minimum Gasteiger partial charge on any atom is -0.481 e. The van der Waals surface area contributed by atoms with Gasteiger partial charge in [-0.2, -0.15) is 0 Å². The second-order valence-corrected chi connectivity index (χ2v) is 10.2. The van der Waals surface area contributed by atoms with Crippen LogP contribution in [-0.2, 0) is 10.0 Å². The van der Waals surface area contributed by atoms with E-state index in [2.05, 4.69) is 35.0 Å². The molecule has 0 fully saturated rings. The summed E-state index contributed by atoms with van der Waals surface area (Å²) in [5.41, 5.74) is 0.435. The number of anilines is 1. The fourth-order valence-corrected chi connectivity index (χ4v) is 4.72. The van der Waals surface area contributed by atoms with E-state index in [0.29, 0.717) is 34.0 Å². The van der Waals surface area contributed by atoms with Crippen LogP contribution in [0.1, 0.15) is 44.3 Å². The van der Waals surface area contributed by atoms with E-state index in [1.807, 2.05) is 0 Å². The van der Waals surface area contributed by atoms with Crippen molar-refractivity contribution in [2.75, 3.05) is 11.8 Å². The van der Waals surface area contributed by atoms with Crippen molar-refractivity contribution in [2.24, 2.45) is 0 Å². The Balaban J connectivity index is 1.72. The number of methoxy groups -OCH3 is 1. The Morgan fingerprint density at radius 2 is 1.86 bits per heavy atom. The molecule has 4 heterocycles. The summed E-state index contributed by atoms with van der Waals surface area (Å²) in [4.78, 5) is 12.7. The second kappa shape index (κ2) is 9.96. The molecule has 14 heteroatoms. The van der Waals surface area contributed by atoms with Crippen LogP contribution in [0.2, 0.25) is 5.02 Å². The third-order valence-electron chi connectivity index (χ3n) is 5.59. The molecule has 3 atom stereocenters. The number of ether oxygens (including phenoxy) is 1. The van der Waals surface area contributed by atoms with Crippen LogP contribution in [0.4, 0.5) is 5.95 Å². The third kappa shape index (κ3) is 5.10. The van der Waals surface area contributed by atoms with E-state index in [4.69, 9.17) is 20.9 Å². The lowest BCUT2D eigenvalue weighted by molar-refractivity contribution is 0.354. The first-order chi connectivity index (χ1) is 16.7. The second-order valence-electron chi connectivity index (χ2n) is 7.77. The molecule has 12 nitrogen and oxygen atoms in total. The standard InChI is InChI=1S/C21H23ClN8O4S/c1-12(19-23-10-15(22)11-24-19)14(3)35(31,32)29-21-28-27-20(16-6-5-7-18(26-16)33-4)30(21)13(2)17-8-9-25-34-17/h5-14H,1-4H3,(H,28,29)/t12-,13-,14-/m0/s1. The zero-order valence-electron chi connectivity index (χ0n) is 19.3. The van der Waals surface area contributed by atoms with Crippen molar-refractivity contribution in [3.05, 3.63) is 59.5 Å². The lowest BCUT2D eigenvalue weighted by Crippen LogP contribution is -2.32. The maximum Gasteiger partial charge on any atom is 0.239 e.